The Bertz CT molecular complexity index is 829. The Morgan fingerprint density at radius 1 is 1.11 bits per heavy atom. The van der Waals surface area contributed by atoms with Crippen molar-refractivity contribution in [3.63, 3.8) is 0 Å². The summed E-state index contributed by atoms with van der Waals surface area (Å²) in [5.74, 6) is -0.406. The molecule has 0 aliphatic heterocycles. The lowest BCUT2D eigenvalue weighted by Gasteiger charge is -2.06. The Morgan fingerprint density at radius 3 is 2.63 bits per heavy atom. The van der Waals surface area contributed by atoms with Crippen molar-refractivity contribution >= 4 is 22.4 Å². The maximum Gasteiger partial charge on any atom is 0.272 e. The number of aromatic nitrogens is 2. The topological polar surface area (TPSA) is 45.8 Å². The van der Waals surface area contributed by atoms with Crippen molar-refractivity contribution < 1.29 is 4.39 Å². The lowest BCUT2D eigenvalue weighted by atomic mass is 10.1. The van der Waals surface area contributed by atoms with Crippen molar-refractivity contribution in [2.75, 3.05) is 0 Å². The molecule has 1 aromatic heterocycles. The zero-order valence-corrected chi connectivity index (χ0v) is 10.4. The molecule has 2 aromatic carbocycles. The smallest absolute Gasteiger partial charge is 0.267 e. The van der Waals surface area contributed by atoms with Gasteiger partial charge in [0, 0.05) is 10.9 Å². The highest BCUT2D eigenvalue weighted by molar-refractivity contribution is 6.33. The standard InChI is InChI=1S/C14H8ClFN2O/c15-12-6-5-8(16)7-11(12)13-9-3-1-2-4-10(9)14(19)18-17-13/h1-7H,(H,18,19). The Morgan fingerprint density at radius 2 is 1.84 bits per heavy atom. The van der Waals surface area contributed by atoms with Crippen LogP contribution in [0.4, 0.5) is 4.39 Å². The van der Waals surface area contributed by atoms with Gasteiger partial charge in [0.05, 0.1) is 10.4 Å². The molecule has 3 rings (SSSR count). The molecule has 0 saturated heterocycles. The molecule has 1 N–H and O–H groups in total. The van der Waals surface area contributed by atoms with Crippen molar-refractivity contribution in [2.45, 2.75) is 0 Å². The van der Waals surface area contributed by atoms with Crippen LogP contribution in [0.5, 0.6) is 0 Å². The quantitative estimate of drug-likeness (QED) is 0.739. The van der Waals surface area contributed by atoms with Gasteiger partial charge in [0.15, 0.2) is 0 Å². The fourth-order valence-corrected chi connectivity index (χ4v) is 2.21. The summed E-state index contributed by atoms with van der Waals surface area (Å²) in [5, 5.41) is 7.90. The van der Waals surface area contributed by atoms with E-state index in [0.717, 1.165) is 0 Å². The van der Waals surface area contributed by atoms with E-state index in [9.17, 15) is 9.18 Å². The molecule has 0 saturated carbocycles. The minimum absolute atomic E-state index is 0.285. The predicted molar refractivity (Wildman–Crippen MR) is 72.8 cm³/mol. The fourth-order valence-electron chi connectivity index (χ4n) is 2.00. The second kappa shape index (κ2) is 4.48. The van der Waals surface area contributed by atoms with Gasteiger partial charge >= 0.3 is 0 Å². The minimum atomic E-state index is -0.406. The van der Waals surface area contributed by atoms with E-state index in [1.807, 2.05) is 0 Å². The van der Waals surface area contributed by atoms with Gasteiger partial charge in [-0.25, -0.2) is 9.49 Å². The summed E-state index contributed by atoms with van der Waals surface area (Å²) < 4.78 is 13.4. The average molecular weight is 275 g/mol. The molecule has 0 aliphatic carbocycles. The first-order valence-corrected chi connectivity index (χ1v) is 5.97. The largest absolute Gasteiger partial charge is 0.272 e. The molecule has 0 atom stereocenters. The second-order valence-electron chi connectivity index (χ2n) is 4.07. The molecule has 0 spiro atoms. The third kappa shape index (κ3) is 2.00. The van der Waals surface area contributed by atoms with Crippen molar-refractivity contribution in [1.82, 2.24) is 10.2 Å². The molecule has 3 nitrogen and oxygen atoms in total. The molecule has 94 valence electrons. The minimum Gasteiger partial charge on any atom is -0.267 e. The summed E-state index contributed by atoms with van der Waals surface area (Å²) in [6.07, 6.45) is 0. The lowest BCUT2D eigenvalue weighted by Crippen LogP contribution is -2.09. The van der Waals surface area contributed by atoms with Gasteiger partial charge in [-0.1, -0.05) is 29.8 Å². The molecule has 5 heteroatoms. The number of nitrogens with one attached hydrogen (secondary N) is 1. The number of aromatic amines is 1. The van der Waals surface area contributed by atoms with Crippen LogP contribution in [-0.2, 0) is 0 Å². The molecule has 0 radical (unpaired) electrons. The number of halogens is 2. The van der Waals surface area contributed by atoms with E-state index >= 15 is 0 Å². The molecule has 0 fully saturated rings. The molecule has 1 heterocycles. The monoisotopic (exact) mass is 274 g/mol. The van der Waals surface area contributed by atoms with Gasteiger partial charge in [-0.3, -0.25) is 4.79 Å². The van der Waals surface area contributed by atoms with E-state index in [2.05, 4.69) is 10.2 Å². The van der Waals surface area contributed by atoms with Gasteiger partial charge in [0.25, 0.3) is 5.56 Å². The number of H-pyrrole nitrogens is 1. The van der Waals surface area contributed by atoms with Crippen LogP contribution in [0, 0.1) is 5.82 Å². The normalized spacial score (nSPS) is 10.8. The van der Waals surface area contributed by atoms with Crippen LogP contribution in [-0.4, -0.2) is 10.2 Å². The zero-order chi connectivity index (χ0) is 13.4. The molecule has 0 amide bonds. The number of rotatable bonds is 1. The van der Waals surface area contributed by atoms with Crippen LogP contribution in [0.1, 0.15) is 0 Å². The Kier molecular flexibility index (Phi) is 2.80. The van der Waals surface area contributed by atoms with Crippen LogP contribution < -0.4 is 5.56 Å². The number of nitrogens with zero attached hydrogens (tertiary/aromatic N) is 1. The van der Waals surface area contributed by atoms with Crippen LogP contribution in [0.15, 0.2) is 47.3 Å². The molecule has 19 heavy (non-hydrogen) atoms. The Balaban J connectivity index is 2.41. The van der Waals surface area contributed by atoms with E-state index < -0.39 is 5.82 Å². The third-order valence-corrected chi connectivity index (χ3v) is 3.21. The van der Waals surface area contributed by atoms with E-state index in [1.165, 1.54) is 18.2 Å². The van der Waals surface area contributed by atoms with Gasteiger partial charge < -0.3 is 0 Å². The van der Waals surface area contributed by atoms with E-state index in [1.54, 1.807) is 24.3 Å². The summed E-state index contributed by atoms with van der Waals surface area (Å²) in [7, 11) is 0. The van der Waals surface area contributed by atoms with Crippen molar-refractivity contribution in [1.29, 1.82) is 0 Å². The molecular weight excluding hydrogens is 267 g/mol. The van der Waals surface area contributed by atoms with Crippen LogP contribution in [0.2, 0.25) is 5.02 Å². The van der Waals surface area contributed by atoms with Gasteiger partial charge in [-0.2, -0.15) is 5.10 Å². The molecular formula is C14H8ClFN2O. The van der Waals surface area contributed by atoms with E-state index in [-0.39, 0.29) is 5.56 Å². The highest BCUT2D eigenvalue weighted by Gasteiger charge is 2.12. The maximum atomic E-state index is 13.4. The van der Waals surface area contributed by atoms with E-state index in [0.29, 0.717) is 27.1 Å². The first-order chi connectivity index (χ1) is 9.16. The first-order valence-electron chi connectivity index (χ1n) is 5.59. The number of benzene rings is 2. The SMILES string of the molecule is O=c1[nH]nc(-c2cc(F)ccc2Cl)c2ccccc12. The summed E-state index contributed by atoms with van der Waals surface area (Å²) in [5.41, 5.74) is 0.626. The third-order valence-electron chi connectivity index (χ3n) is 2.88. The molecule has 0 aliphatic rings. The lowest BCUT2D eigenvalue weighted by molar-refractivity contribution is 0.628. The molecule has 0 unspecified atom stereocenters. The number of fused-ring (bicyclic) bond motifs is 1. The highest BCUT2D eigenvalue weighted by Crippen LogP contribution is 2.30. The van der Waals surface area contributed by atoms with Gasteiger partial charge in [-0.05, 0) is 24.3 Å². The maximum absolute atomic E-state index is 13.4. The zero-order valence-electron chi connectivity index (χ0n) is 9.65. The average Bonchev–Trinajstić information content (AvgIpc) is 2.43. The molecule has 3 aromatic rings. The van der Waals surface area contributed by atoms with Crippen molar-refractivity contribution in [3.8, 4) is 11.3 Å². The van der Waals surface area contributed by atoms with Crippen molar-refractivity contribution in [2.24, 2.45) is 0 Å². The summed E-state index contributed by atoms with van der Waals surface area (Å²) in [6.45, 7) is 0. The van der Waals surface area contributed by atoms with Crippen molar-refractivity contribution in [3.05, 3.63) is 63.7 Å². The number of hydrogen-bond donors (Lipinski definition) is 1. The predicted octanol–water partition coefficient (Wildman–Crippen LogP) is 3.38. The summed E-state index contributed by atoms with van der Waals surface area (Å²) >= 11 is 6.07. The Labute approximate surface area is 112 Å². The summed E-state index contributed by atoms with van der Waals surface area (Å²) in [4.78, 5) is 11.7. The highest BCUT2D eigenvalue weighted by atomic mass is 35.5. The van der Waals surface area contributed by atoms with Gasteiger partial charge in [-0.15, -0.1) is 0 Å². The van der Waals surface area contributed by atoms with Crippen LogP contribution >= 0.6 is 11.6 Å². The number of hydrogen-bond acceptors (Lipinski definition) is 2. The molecule has 0 bridgehead atoms. The first kappa shape index (κ1) is 11.9. The van der Waals surface area contributed by atoms with Crippen LogP contribution in [0.25, 0.3) is 22.0 Å². The van der Waals surface area contributed by atoms with Gasteiger partial charge in [0.2, 0.25) is 0 Å². The van der Waals surface area contributed by atoms with Crippen LogP contribution in [0.3, 0.4) is 0 Å². The van der Waals surface area contributed by atoms with Gasteiger partial charge in [0.1, 0.15) is 11.5 Å². The Hall–Kier alpha value is -2.20. The second-order valence-corrected chi connectivity index (χ2v) is 4.48. The van der Waals surface area contributed by atoms with E-state index in [4.69, 9.17) is 11.6 Å². The fraction of sp³-hybridized carbons (Fsp3) is 0. The summed E-state index contributed by atoms with van der Waals surface area (Å²) in [6, 6.07) is 11.0.